The summed E-state index contributed by atoms with van der Waals surface area (Å²) < 4.78 is 0. The molecule has 1 aromatic heterocycles. The van der Waals surface area contributed by atoms with Crippen LogP contribution in [0.15, 0.2) is 60.8 Å². The number of carbonyl (C=O) groups excluding carboxylic acids is 3. The highest BCUT2D eigenvalue weighted by Crippen LogP contribution is 2.19. The minimum atomic E-state index is -1.13. The fraction of sp³-hybridized carbons (Fsp3) is 0.438. The van der Waals surface area contributed by atoms with Gasteiger partial charge in [-0.25, -0.2) is 4.79 Å². The van der Waals surface area contributed by atoms with Gasteiger partial charge in [0.1, 0.15) is 18.1 Å². The standard InChI is InChI=1S/C32H43N5O5/c1-5-20(4)28(32(41)42)37-31(40)26(15-19(2)3)36-30(39)27(16-21-11-7-6-8-12-21)35-29(38)24(33)17-22-18-34-25-14-10-9-13-23(22)25/h6-14,18-20,24,26-28,34H,5,15-17,33H2,1-4H3,(H,35,38)(H,36,39)(H,37,40)(H,41,42). The zero-order valence-corrected chi connectivity index (χ0v) is 24.7. The van der Waals surface area contributed by atoms with Crippen molar-refractivity contribution in [1.82, 2.24) is 20.9 Å². The number of rotatable bonds is 15. The first kappa shape index (κ1) is 32.3. The molecule has 226 valence electrons. The molecule has 1 heterocycles. The molecule has 2 aromatic carbocycles. The molecule has 0 fully saturated rings. The Hall–Kier alpha value is -4.18. The summed E-state index contributed by atoms with van der Waals surface area (Å²) in [5.41, 5.74) is 8.95. The van der Waals surface area contributed by atoms with Gasteiger partial charge in [-0.2, -0.15) is 0 Å². The summed E-state index contributed by atoms with van der Waals surface area (Å²) in [5, 5.41) is 18.8. The third-order valence-electron chi connectivity index (χ3n) is 7.48. The number of hydrogen-bond donors (Lipinski definition) is 6. The molecule has 10 nitrogen and oxygen atoms in total. The Bertz CT molecular complexity index is 1360. The predicted octanol–water partition coefficient (Wildman–Crippen LogP) is 2.91. The summed E-state index contributed by atoms with van der Waals surface area (Å²) in [6.07, 6.45) is 3.11. The van der Waals surface area contributed by atoms with Crippen molar-refractivity contribution in [2.45, 2.75) is 77.5 Å². The molecule has 5 atom stereocenters. The van der Waals surface area contributed by atoms with E-state index < -0.39 is 47.9 Å². The lowest BCUT2D eigenvalue weighted by Crippen LogP contribution is -2.58. The number of carbonyl (C=O) groups is 4. The van der Waals surface area contributed by atoms with Crippen molar-refractivity contribution in [3.05, 3.63) is 71.9 Å². The molecule has 0 aliphatic rings. The van der Waals surface area contributed by atoms with Crippen LogP contribution >= 0.6 is 0 Å². The molecular formula is C32H43N5O5. The topological polar surface area (TPSA) is 166 Å². The molecular weight excluding hydrogens is 534 g/mol. The first-order valence-corrected chi connectivity index (χ1v) is 14.5. The molecule has 10 heteroatoms. The molecule has 0 saturated heterocycles. The van der Waals surface area contributed by atoms with Gasteiger partial charge in [0.2, 0.25) is 17.7 Å². The number of nitrogens with two attached hydrogens (primary N) is 1. The number of H-pyrrole nitrogens is 1. The van der Waals surface area contributed by atoms with Gasteiger partial charge in [0.25, 0.3) is 0 Å². The quantitative estimate of drug-likeness (QED) is 0.162. The molecule has 0 radical (unpaired) electrons. The number of amides is 3. The van der Waals surface area contributed by atoms with Crippen LogP contribution in [0.4, 0.5) is 0 Å². The van der Waals surface area contributed by atoms with E-state index in [2.05, 4.69) is 20.9 Å². The highest BCUT2D eigenvalue weighted by molar-refractivity contribution is 5.94. The Morgan fingerprint density at radius 2 is 1.45 bits per heavy atom. The number of hydrogen-bond acceptors (Lipinski definition) is 5. The van der Waals surface area contributed by atoms with Crippen molar-refractivity contribution in [2.24, 2.45) is 17.6 Å². The van der Waals surface area contributed by atoms with Crippen LogP contribution < -0.4 is 21.7 Å². The second kappa shape index (κ2) is 15.2. The lowest BCUT2D eigenvalue weighted by molar-refractivity contribution is -0.144. The van der Waals surface area contributed by atoms with Gasteiger partial charge in [-0.15, -0.1) is 0 Å². The van der Waals surface area contributed by atoms with E-state index in [9.17, 15) is 24.3 Å². The normalized spacial score (nSPS) is 14.9. The molecule has 3 amide bonds. The first-order valence-electron chi connectivity index (χ1n) is 14.5. The average Bonchev–Trinajstić information content (AvgIpc) is 3.37. The number of aromatic amines is 1. The van der Waals surface area contributed by atoms with E-state index in [1.54, 1.807) is 6.92 Å². The van der Waals surface area contributed by atoms with Gasteiger partial charge in [-0.05, 0) is 41.9 Å². The van der Waals surface area contributed by atoms with Crippen LogP contribution in [0.2, 0.25) is 0 Å². The van der Waals surface area contributed by atoms with Crippen molar-refractivity contribution < 1.29 is 24.3 Å². The van der Waals surface area contributed by atoms with E-state index in [0.717, 1.165) is 22.0 Å². The number of benzene rings is 2. The zero-order valence-electron chi connectivity index (χ0n) is 24.7. The summed E-state index contributed by atoms with van der Waals surface area (Å²) in [6, 6.07) is 12.9. The molecule has 5 unspecified atom stereocenters. The van der Waals surface area contributed by atoms with Crippen LogP contribution in [-0.2, 0) is 32.0 Å². The predicted molar refractivity (Wildman–Crippen MR) is 162 cm³/mol. The van der Waals surface area contributed by atoms with E-state index >= 15 is 0 Å². The number of aromatic nitrogens is 1. The second-order valence-electron chi connectivity index (χ2n) is 11.3. The lowest BCUT2D eigenvalue weighted by atomic mass is 9.97. The molecule has 0 aliphatic carbocycles. The third-order valence-corrected chi connectivity index (χ3v) is 7.48. The Morgan fingerprint density at radius 3 is 2.10 bits per heavy atom. The van der Waals surface area contributed by atoms with Crippen LogP contribution in [0.3, 0.4) is 0 Å². The van der Waals surface area contributed by atoms with Crippen LogP contribution in [0.1, 0.15) is 51.7 Å². The monoisotopic (exact) mass is 577 g/mol. The SMILES string of the molecule is CCC(C)C(NC(=O)C(CC(C)C)NC(=O)C(Cc1ccccc1)NC(=O)C(N)Cc1c[nH]c2ccccc12)C(=O)O. The van der Waals surface area contributed by atoms with E-state index in [-0.39, 0.29) is 31.1 Å². The highest BCUT2D eigenvalue weighted by atomic mass is 16.4. The smallest absolute Gasteiger partial charge is 0.326 e. The van der Waals surface area contributed by atoms with Crippen LogP contribution in [-0.4, -0.2) is 57.9 Å². The van der Waals surface area contributed by atoms with E-state index in [0.29, 0.717) is 6.42 Å². The number of fused-ring (bicyclic) bond motifs is 1. The third kappa shape index (κ3) is 8.91. The first-order chi connectivity index (χ1) is 20.0. The van der Waals surface area contributed by atoms with Crippen molar-refractivity contribution >= 4 is 34.6 Å². The molecule has 0 bridgehead atoms. The maximum atomic E-state index is 13.6. The molecule has 3 aromatic rings. The summed E-state index contributed by atoms with van der Waals surface area (Å²) >= 11 is 0. The zero-order chi connectivity index (χ0) is 30.8. The number of para-hydroxylation sites is 1. The van der Waals surface area contributed by atoms with Crippen LogP contribution in [0.5, 0.6) is 0 Å². The molecule has 3 rings (SSSR count). The number of carboxylic acids is 1. The molecule has 0 spiro atoms. The van der Waals surface area contributed by atoms with Crippen molar-refractivity contribution in [1.29, 1.82) is 0 Å². The number of nitrogens with one attached hydrogen (secondary N) is 4. The largest absolute Gasteiger partial charge is 0.480 e. The van der Waals surface area contributed by atoms with Crippen LogP contribution in [0.25, 0.3) is 10.9 Å². The van der Waals surface area contributed by atoms with Crippen molar-refractivity contribution in [3.8, 4) is 0 Å². The number of aliphatic carboxylic acids is 1. The molecule has 0 saturated carbocycles. The Morgan fingerprint density at radius 1 is 0.833 bits per heavy atom. The maximum absolute atomic E-state index is 13.6. The molecule has 42 heavy (non-hydrogen) atoms. The average molecular weight is 578 g/mol. The minimum Gasteiger partial charge on any atom is -0.480 e. The second-order valence-corrected chi connectivity index (χ2v) is 11.3. The summed E-state index contributed by atoms with van der Waals surface area (Å²) in [5.74, 6) is -3.03. The van der Waals surface area contributed by atoms with Gasteiger partial charge in [0.05, 0.1) is 6.04 Å². The van der Waals surface area contributed by atoms with Gasteiger partial charge in [0.15, 0.2) is 0 Å². The molecule has 7 N–H and O–H groups in total. The van der Waals surface area contributed by atoms with Crippen molar-refractivity contribution in [3.63, 3.8) is 0 Å². The Kier molecular flexibility index (Phi) is 11.7. The lowest BCUT2D eigenvalue weighted by Gasteiger charge is -2.27. The Balaban J connectivity index is 1.78. The van der Waals surface area contributed by atoms with E-state index in [4.69, 9.17) is 5.73 Å². The van der Waals surface area contributed by atoms with Gasteiger partial charge in [-0.1, -0.05) is 82.6 Å². The Labute approximate surface area is 246 Å². The summed E-state index contributed by atoms with van der Waals surface area (Å²) in [7, 11) is 0. The van der Waals surface area contributed by atoms with E-state index in [1.165, 1.54) is 0 Å². The van der Waals surface area contributed by atoms with Gasteiger partial charge in [-0.3, -0.25) is 14.4 Å². The molecule has 0 aliphatic heterocycles. The highest BCUT2D eigenvalue weighted by Gasteiger charge is 2.32. The van der Waals surface area contributed by atoms with Gasteiger partial charge >= 0.3 is 5.97 Å². The maximum Gasteiger partial charge on any atom is 0.326 e. The number of carboxylic acid groups (broad SMARTS) is 1. The van der Waals surface area contributed by atoms with Gasteiger partial charge < -0.3 is 31.8 Å². The van der Waals surface area contributed by atoms with Crippen molar-refractivity contribution in [2.75, 3.05) is 0 Å². The van der Waals surface area contributed by atoms with Gasteiger partial charge in [0, 0.05) is 23.5 Å². The van der Waals surface area contributed by atoms with Crippen LogP contribution in [0, 0.1) is 11.8 Å². The fourth-order valence-electron chi connectivity index (χ4n) is 4.88. The summed E-state index contributed by atoms with van der Waals surface area (Å²) in [4.78, 5) is 55.1. The summed E-state index contributed by atoms with van der Waals surface area (Å²) in [6.45, 7) is 7.41. The van der Waals surface area contributed by atoms with E-state index in [1.807, 2.05) is 81.6 Å². The fourth-order valence-corrected chi connectivity index (χ4v) is 4.88. The minimum absolute atomic E-state index is 0.0275.